The maximum atomic E-state index is 6.05. The SMILES string of the molecule is CCCOc1ccccc1Oc1cccc(SC)c1CN. The fraction of sp³-hybridized carbons (Fsp3) is 0.294. The van der Waals surface area contributed by atoms with E-state index >= 15 is 0 Å². The standard InChI is InChI=1S/C17H21NO2S/c1-3-11-19-15-7-4-5-8-16(15)20-14-9-6-10-17(21-2)13(14)12-18/h4-10H,3,11-12,18H2,1-2H3. The number of thioether (sulfide) groups is 1. The molecule has 0 saturated carbocycles. The first-order valence-electron chi connectivity index (χ1n) is 7.05. The van der Waals surface area contributed by atoms with E-state index in [0.29, 0.717) is 13.2 Å². The van der Waals surface area contributed by atoms with Crippen molar-refractivity contribution < 1.29 is 9.47 Å². The lowest BCUT2D eigenvalue weighted by atomic mass is 10.2. The summed E-state index contributed by atoms with van der Waals surface area (Å²) in [6, 6.07) is 13.7. The van der Waals surface area contributed by atoms with E-state index in [9.17, 15) is 0 Å². The average Bonchev–Trinajstić information content (AvgIpc) is 2.53. The Hall–Kier alpha value is -1.65. The highest BCUT2D eigenvalue weighted by molar-refractivity contribution is 7.98. The van der Waals surface area contributed by atoms with Crippen molar-refractivity contribution in [3.05, 3.63) is 48.0 Å². The molecular formula is C17H21NO2S. The van der Waals surface area contributed by atoms with Crippen molar-refractivity contribution in [2.24, 2.45) is 5.73 Å². The number of ether oxygens (including phenoxy) is 2. The van der Waals surface area contributed by atoms with Gasteiger partial charge in [-0.05, 0) is 36.9 Å². The van der Waals surface area contributed by atoms with Gasteiger partial charge in [-0.15, -0.1) is 11.8 Å². The zero-order chi connectivity index (χ0) is 15.1. The van der Waals surface area contributed by atoms with E-state index < -0.39 is 0 Å². The van der Waals surface area contributed by atoms with Gasteiger partial charge in [0.15, 0.2) is 11.5 Å². The maximum Gasteiger partial charge on any atom is 0.169 e. The summed E-state index contributed by atoms with van der Waals surface area (Å²) in [5.74, 6) is 2.27. The first-order chi connectivity index (χ1) is 10.3. The molecule has 2 rings (SSSR count). The van der Waals surface area contributed by atoms with E-state index in [4.69, 9.17) is 15.2 Å². The number of para-hydroxylation sites is 2. The predicted molar refractivity (Wildman–Crippen MR) is 88.4 cm³/mol. The molecular weight excluding hydrogens is 282 g/mol. The molecule has 0 unspecified atom stereocenters. The minimum atomic E-state index is 0.449. The highest BCUT2D eigenvalue weighted by Crippen LogP contribution is 2.35. The van der Waals surface area contributed by atoms with E-state index in [-0.39, 0.29) is 0 Å². The van der Waals surface area contributed by atoms with Gasteiger partial charge in [0.2, 0.25) is 0 Å². The third kappa shape index (κ3) is 3.93. The van der Waals surface area contributed by atoms with Crippen molar-refractivity contribution in [2.75, 3.05) is 12.9 Å². The van der Waals surface area contributed by atoms with E-state index in [1.54, 1.807) is 11.8 Å². The minimum absolute atomic E-state index is 0.449. The molecule has 0 aliphatic heterocycles. The molecule has 0 bridgehead atoms. The molecule has 0 spiro atoms. The molecule has 2 aromatic carbocycles. The summed E-state index contributed by atoms with van der Waals surface area (Å²) in [7, 11) is 0. The quantitative estimate of drug-likeness (QED) is 0.768. The summed E-state index contributed by atoms with van der Waals surface area (Å²) < 4.78 is 11.8. The summed E-state index contributed by atoms with van der Waals surface area (Å²) in [5.41, 5.74) is 6.90. The van der Waals surface area contributed by atoms with Crippen molar-refractivity contribution in [1.82, 2.24) is 0 Å². The molecule has 112 valence electrons. The van der Waals surface area contributed by atoms with Gasteiger partial charge in [0.05, 0.1) is 6.61 Å². The molecule has 0 atom stereocenters. The monoisotopic (exact) mass is 303 g/mol. The van der Waals surface area contributed by atoms with Crippen LogP contribution in [-0.2, 0) is 6.54 Å². The lowest BCUT2D eigenvalue weighted by molar-refractivity contribution is 0.301. The van der Waals surface area contributed by atoms with Gasteiger partial charge in [-0.25, -0.2) is 0 Å². The normalized spacial score (nSPS) is 10.4. The number of benzene rings is 2. The summed E-state index contributed by atoms with van der Waals surface area (Å²) in [6.07, 6.45) is 3.00. The minimum Gasteiger partial charge on any atom is -0.490 e. The van der Waals surface area contributed by atoms with Gasteiger partial charge in [-0.3, -0.25) is 0 Å². The highest BCUT2D eigenvalue weighted by atomic mass is 32.2. The largest absolute Gasteiger partial charge is 0.490 e. The van der Waals surface area contributed by atoms with E-state index in [1.165, 1.54) is 0 Å². The second-order valence-electron chi connectivity index (χ2n) is 4.54. The van der Waals surface area contributed by atoms with Crippen LogP contribution in [0.25, 0.3) is 0 Å². The van der Waals surface area contributed by atoms with Gasteiger partial charge < -0.3 is 15.2 Å². The van der Waals surface area contributed by atoms with Crippen molar-refractivity contribution in [3.8, 4) is 17.2 Å². The van der Waals surface area contributed by atoms with Crippen LogP contribution in [0.2, 0.25) is 0 Å². The van der Waals surface area contributed by atoms with Crippen LogP contribution in [-0.4, -0.2) is 12.9 Å². The smallest absolute Gasteiger partial charge is 0.169 e. The fourth-order valence-electron chi connectivity index (χ4n) is 2.02. The van der Waals surface area contributed by atoms with Crippen molar-refractivity contribution >= 4 is 11.8 Å². The number of hydrogen-bond acceptors (Lipinski definition) is 4. The molecule has 0 aliphatic rings. The summed E-state index contributed by atoms with van der Waals surface area (Å²) in [5, 5.41) is 0. The van der Waals surface area contributed by atoms with Crippen molar-refractivity contribution in [2.45, 2.75) is 24.8 Å². The highest BCUT2D eigenvalue weighted by Gasteiger charge is 2.11. The van der Waals surface area contributed by atoms with Crippen LogP contribution in [0.1, 0.15) is 18.9 Å². The van der Waals surface area contributed by atoms with Crippen LogP contribution in [0.3, 0.4) is 0 Å². The van der Waals surface area contributed by atoms with Gasteiger partial charge in [0.25, 0.3) is 0 Å². The van der Waals surface area contributed by atoms with Crippen LogP contribution >= 0.6 is 11.8 Å². The summed E-state index contributed by atoms with van der Waals surface area (Å²) in [4.78, 5) is 1.14. The first-order valence-corrected chi connectivity index (χ1v) is 8.28. The molecule has 0 aromatic heterocycles. The Kier molecular flexibility index (Phi) is 5.96. The van der Waals surface area contributed by atoms with Crippen LogP contribution in [0.4, 0.5) is 0 Å². The Morgan fingerprint density at radius 3 is 2.38 bits per heavy atom. The molecule has 2 N–H and O–H groups in total. The Labute approximate surface area is 130 Å². The Balaban J connectivity index is 2.30. The second kappa shape index (κ2) is 7.96. The van der Waals surface area contributed by atoms with Crippen molar-refractivity contribution in [3.63, 3.8) is 0 Å². The fourth-order valence-corrected chi connectivity index (χ4v) is 2.66. The number of hydrogen-bond donors (Lipinski definition) is 1. The molecule has 0 aliphatic carbocycles. The average molecular weight is 303 g/mol. The van der Waals surface area contributed by atoms with Gasteiger partial charge in [-0.2, -0.15) is 0 Å². The lowest BCUT2D eigenvalue weighted by Crippen LogP contribution is -2.02. The number of rotatable bonds is 7. The molecule has 3 nitrogen and oxygen atoms in total. The van der Waals surface area contributed by atoms with E-state index in [1.807, 2.05) is 42.7 Å². The molecule has 0 radical (unpaired) electrons. The predicted octanol–water partition coefficient (Wildman–Crippen LogP) is 4.45. The van der Waals surface area contributed by atoms with Crippen LogP contribution < -0.4 is 15.2 Å². The lowest BCUT2D eigenvalue weighted by Gasteiger charge is -2.15. The topological polar surface area (TPSA) is 44.5 Å². The van der Waals surface area contributed by atoms with Crippen LogP contribution in [0.5, 0.6) is 17.2 Å². The molecule has 0 heterocycles. The number of nitrogens with two attached hydrogens (primary N) is 1. The Morgan fingerprint density at radius 2 is 1.71 bits per heavy atom. The van der Waals surface area contributed by atoms with Crippen molar-refractivity contribution in [1.29, 1.82) is 0 Å². The Morgan fingerprint density at radius 1 is 1.00 bits per heavy atom. The zero-order valence-electron chi connectivity index (χ0n) is 12.5. The van der Waals surface area contributed by atoms with Crippen LogP contribution in [0.15, 0.2) is 47.4 Å². The third-order valence-electron chi connectivity index (χ3n) is 3.04. The van der Waals surface area contributed by atoms with E-state index in [2.05, 4.69) is 13.0 Å². The molecule has 0 fully saturated rings. The third-order valence-corrected chi connectivity index (χ3v) is 3.87. The molecule has 4 heteroatoms. The maximum absolute atomic E-state index is 6.05. The van der Waals surface area contributed by atoms with E-state index in [0.717, 1.165) is 34.1 Å². The Bertz CT molecular complexity index is 587. The van der Waals surface area contributed by atoms with Gasteiger partial charge in [-0.1, -0.05) is 25.1 Å². The summed E-state index contributed by atoms with van der Waals surface area (Å²) >= 11 is 1.67. The van der Waals surface area contributed by atoms with Gasteiger partial charge >= 0.3 is 0 Å². The molecule has 0 saturated heterocycles. The molecule has 2 aromatic rings. The van der Waals surface area contributed by atoms with Crippen LogP contribution in [0, 0.1) is 0 Å². The molecule has 0 amide bonds. The zero-order valence-corrected chi connectivity index (χ0v) is 13.3. The van der Waals surface area contributed by atoms with Gasteiger partial charge in [0.1, 0.15) is 5.75 Å². The summed E-state index contributed by atoms with van der Waals surface area (Å²) in [6.45, 7) is 3.21. The second-order valence-corrected chi connectivity index (χ2v) is 5.39. The van der Waals surface area contributed by atoms with Gasteiger partial charge in [0, 0.05) is 17.0 Å². The first kappa shape index (κ1) is 15.7. The molecule has 21 heavy (non-hydrogen) atoms.